The molecule has 0 bridgehead atoms. The highest BCUT2D eigenvalue weighted by molar-refractivity contribution is 7.10. The molecule has 1 aromatic heterocycles. The topological polar surface area (TPSA) is 71.1 Å². The lowest BCUT2D eigenvalue weighted by Crippen LogP contribution is -2.71. The molecule has 2 unspecified atom stereocenters. The number of thiazole rings is 1. The van der Waals surface area contributed by atoms with Gasteiger partial charge in [-0.1, -0.05) is 6.42 Å². The van der Waals surface area contributed by atoms with E-state index in [-0.39, 0.29) is 29.3 Å². The summed E-state index contributed by atoms with van der Waals surface area (Å²) >= 11 is 5.88. The molecule has 10 heteroatoms. The minimum atomic E-state index is -4.60. The highest BCUT2D eigenvalue weighted by atomic mass is 35.5. The van der Waals surface area contributed by atoms with E-state index in [0.29, 0.717) is 17.8 Å². The number of hydrogen-bond donors (Lipinski definition) is 2. The third kappa shape index (κ3) is 2.88. The zero-order valence-corrected chi connectivity index (χ0v) is 14.0. The SMILES string of the molecule is O=C(CCl)NC1CC(NC(=O)c2ncsc2C(F)(F)F)C12CCC2. The van der Waals surface area contributed by atoms with E-state index in [1.807, 2.05) is 0 Å². The van der Waals surface area contributed by atoms with Crippen molar-refractivity contribution in [3.8, 4) is 0 Å². The minimum Gasteiger partial charge on any atom is -0.352 e. The molecule has 2 aliphatic rings. The summed E-state index contributed by atoms with van der Waals surface area (Å²) in [6.45, 7) is 0. The van der Waals surface area contributed by atoms with Crippen LogP contribution in [-0.4, -0.2) is 34.8 Å². The van der Waals surface area contributed by atoms with Crippen molar-refractivity contribution in [3.63, 3.8) is 0 Å². The molecule has 132 valence electrons. The number of rotatable bonds is 4. The van der Waals surface area contributed by atoms with Gasteiger partial charge in [-0.15, -0.1) is 22.9 Å². The molecule has 2 saturated carbocycles. The Morgan fingerprint density at radius 2 is 2.00 bits per heavy atom. The third-order valence-electron chi connectivity index (χ3n) is 4.95. The fourth-order valence-electron chi connectivity index (χ4n) is 3.54. The average Bonchev–Trinajstić information content (AvgIpc) is 2.93. The Bertz CT molecular complexity index is 660. The summed E-state index contributed by atoms with van der Waals surface area (Å²) in [5, 5.41) is 5.48. The van der Waals surface area contributed by atoms with E-state index in [9.17, 15) is 22.8 Å². The summed E-state index contributed by atoms with van der Waals surface area (Å²) in [7, 11) is 0. The fourth-order valence-corrected chi connectivity index (χ4v) is 4.27. The summed E-state index contributed by atoms with van der Waals surface area (Å²) in [4.78, 5) is 26.2. The molecule has 0 radical (unpaired) electrons. The van der Waals surface area contributed by atoms with Gasteiger partial charge in [-0.2, -0.15) is 13.2 Å². The van der Waals surface area contributed by atoms with Crippen LogP contribution in [0.4, 0.5) is 13.2 Å². The second kappa shape index (κ2) is 6.18. The van der Waals surface area contributed by atoms with E-state index >= 15 is 0 Å². The molecule has 1 heterocycles. The lowest BCUT2D eigenvalue weighted by atomic mass is 9.49. The fraction of sp³-hybridized carbons (Fsp3) is 0.643. The Balaban J connectivity index is 1.68. The summed E-state index contributed by atoms with van der Waals surface area (Å²) < 4.78 is 38.6. The zero-order chi connectivity index (χ0) is 17.5. The first-order valence-corrected chi connectivity index (χ1v) is 8.86. The van der Waals surface area contributed by atoms with Crippen molar-refractivity contribution in [1.82, 2.24) is 15.6 Å². The van der Waals surface area contributed by atoms with Crippen LogP contribution in [0.5, 0.6) is 0 Å². The van der Waals surface area contributed by atoms with Crippen molar-refractivity contribution < 1.29 is 22.8 Å². The van der Waals surface area contributed by atoms with Crippen LogP contribution in [0.2, 0.25) is 0 Å². The molecule has 2 aliphatic carbocycles. The maximum atomic E-state index is 12.9. The molecule has 1 spiro atoms. The number of nitrogens with zero attached hydrogens (tertiary/aromatic N) is 1. The van der Waals surface area contributed by atoms with Crippen LogP contribution in [0.15, 0.2) is 5.51 Å². The highest BCUT2D eigenvalue weighted by Crippen LogP contribution is 2.56. The number of aromatic nitrogens is 1. The van der Waals surface area contributed by atoms with Gasteiger partial charge in [-0.05, 0) is 19.3 Å². The first-order valence-electron chi connectivity index (χ1n) is 7.45. The highest BCUT2D eigenvalue weighted by Gasteiger charge is 2.59. The minimum absolute atomic E-state index is 0.0969. The Morgan fingerprint density at radius 1 is 1.33 bits per heavy atom. The van der Waals surface area contributed by atoms with Crippen molar-refractivity contribution in [2.45, 2.75) is 43.9 Å². The van der Waals surface area contributed by atoms with E-state index in [1.165, 1.54) is 0 Å². The average molecular weight is 382 g/mol. The molecule has 0 aromatic carbocycles. The van der Waals surface area contributed by atoms with E-state index in [4.69, 9.17) is 11.6 Å². The normalized spacial score (nSPS) is 24.8. The molecular weight excluding hydrogens is 367 g/mol. The second-order valence-corrected chi connectivity index (χ2v) is 7.25. The molecule has 2 N–H and O–H groups in total. The van der Waals surface area contributed by atoms with Gasteiger partial charge >= 0.3 is 6.18 Å². The number of alkyl halides is 4. The lowest BCUT2D eigenvalue weighted by Gasteiger charge is -2.61. The van der Waals surface area contributed by atoms with Crippen molar-refractivity contribution >= 4 is 34.8 Å². The van der Waals surface area contributed by atoms with Gasteiger partial charge in [0.05, 0.1) is 5.51 Å². The largest absolute Gasteiger partial charge is 0.427 e. The predicted molar refractivity (Wildman–Crippen MR) is 81.9 cm³/mol. The van der Waals surface area contributed by atoms with Crippen LogP contribution >= 0.6 is 22.9 Å². The van der Waals surface area contributed by atoms with E-state index in [2.05, 4.69) is 15.6 Å². The van der Waals surface area contributed by atoms with Gasteiger partial charge in [0.25, 0.3) is 5.91 Å². The van der Waals surface area contributed by atoms with Gasteiger partial charge in [-0.25, -0.2) is 4.98 Å². The molecular formula is C14H15ClF3N3O2S. The van der Waals surface area contributed by atoms with Crippen LogP contribution < -0.4 is 10.6 Å². The molecule has 2 amide bonds. The van der Waals surface area contributed by atoms with Gasteiger partial charge in [0.1, 0.15) is 10.8 Å². The van der Waals surface area contributed by atoms with E-state index < -0.39 is 22.7 Å². The monoisotopic (exact) mass is 381 g/mol. The number of amides is 2. The number of carbonyl (C=O) groups is 2. The van der Waals surface area contributed by atoms with Gasteiger partial charge in [0, 0.05) is 17.5 Å². The maximum absolute atomic E-state index is 12.9. The standard InChI is InChI=1S/C14H15ClF3N3O2S/c15-5-9(22)20-7-4-8(13(7)2-1-3-13)21-12(23)10-11(14(16,17)18)24-6-19-10/h6-8H,1-5H2,(H,20,22)(H,21,23). The molecule has 2 atom stereocenters. The van der Waals surface area contributed by atoms with E-state index in [1.54, 1.807) is 0 Å². The number of halogens is 4. The summed E-state index contributed by atoms with van der Waals surface area (Å²) in [5.41, 5.74) is 0.155. The maximum Gasteiger partial charge on any atom is 0.427 e. The summed E-state index contributed by atoms with van der Waals surface area (Å²) in [6.07, 6.45) is -1.52. The second-order valence-electron chi connectivity index (χ2n) is 6.13. The zero-order valence-electron chi connectivity index (χ0n) is 12.5. The van der Waals surface area contributed by atoms with Crippen LogP contribution in [0.1, 0.15) is 41.0 Å². The van der Waals surface area contributed by atoms with Crippen molar-refractivity contribution in [3.05, 3.63) is 16.1 Å². The number of nitrogens with one attached hydrogen (secondary N) is 2. The van der Waals surface area contributed by atoms with E-state index in [0.717, 1.165) is 24.8 Å². The quantitative estimate of drug-likeness (QED) is 0.787. The van der Waals surface area contributed by atoms with Crippen molar-refractivity contribution in [2.75, 3.05) is 5.88 Å². The predicted octanol–water partition coefficient (Wildman–Crippen LogP) is 2.56. The smallest absolute Gasteiger partial charge is 0.352 e. The first-order chi connectivity index (χ1) is 11.3. The Morgan fingerprint density at radius 3 is 2.54 bits per heavy atom. The Labute approximate surface area is 145 Å². The molecule has 3 rings (SSSR count). The van der Waals surface area contributed by atoms with Crippen molar-refractivity contribution in [1.29, 1.82) is 0 Å². The molecule has 2 fully saturated rings. The van der Waals surface area contributed by atoms with Crippen LogP contribution in [0.25, 0.3) is 0 Å². The summed E-state index contributed by atoms with van der Waals surface area (Å²) in [6, 6.07) is -0.359. The molecule has 24 heavy (non-hydrogen) atoms. The lowest BCUT2D eigenvalue weighted by molar-refractivity contribution is -0.135. The van der Waals surface area contributed by atoms with Crippen molar-refractivity contribution in [2.24, 2.45) is 5.41 Å². The van der Waals surface area contributed by atoms with Crippen LogP contribution in [0.3, 0.4) is 0 Å². The third-order valence-corrected chi connectivity index (χ3v) is 6.06. The van der Waals surface area contributed by atoms with Crippen LogP contribution in [0, 0.1) is 5.41 Å². The number of carbonyl (C=O) groups excluding carboxylic acids is 2. The van der Waals surface area contributed by atoms with Gasteiger partial charge in [-0.3, -0.25) is 9.59 Å². The Kier molecular flexibility index (Phi) is 4.50. The molecule has 5 nitrogen and oxygen atoms in total. The molecule has 0 aliphatic heterocycles. The van der Waals surface area contributed by atoms with Crippen LogP contribution in [-0.2, 0) is 11.0 Å². The van der Waals surface area contributed by atoms with Gasteiger partial charge < -0.3 is 10.6 Å². The first kappa shape index (κ1) is 17.5. The number of hydrogen-bond acceptors (Lipinski definition) is 4. The van der Waals surface area contributed by atoms with Gasteiger partial charge in [0.2, 0.25) is 5.91 Å². The molecule has 1 aromatic rings. The Hall–Kier alpha value is -1.35. The van der Waals surface area contributed by atoms with Gasteiger partial charge in [0.15, 0.2) is 5.69 Å². The molecule has 0 saturated heterocycles. The summed E-state index contributed by atoms with van der Waals surface area (Å²) in [5.74, 6) is -1.24.